The van der Waals surface area contributed by atoms with Gasteiger partial charge in [0.15, 0.2) is 0 Å². The van der Waals surface area contributed by atoms with E-state index in [2.05, 4.69) is 5.32 Å². The van der Waals surface area contributed by atoms with E-state index in [-0.39, 0.29) is 5.56 Å². The SMILES string of the molecule is CNS(=O)(=O)CC(=O)N[C@@H]1C[C@@H]1c1ccccc1C(F)(F)F. The van der Waals surface area contributed by atoms with Gasteiger partial charge in [-0.05, 0) is 25.1 Å². The third-order valence-corrected chi connectivity index (χ3v) is 4.70. The molecule has 9 heteroatoms. The van der Waals surface area contributed by atoms with Gasteiger partial charge in [-0.15, -0.1) is 0 Å². The van der Waals surface area contributed by atoms with Crippen molar-refractivity contribution in [1.29, 1.82) is 0 Å². The van der Waals surface area contributed by atoms with Crippen LogP contribution in [0.15, 0.2) is 24.3 Å². The third kappa shape index (κ3) is 3.98. The summed E-state index contributed by atoms with van der Waals surface area (Å²) in [7, 11) is -2.51. The predicted molar refractivity (Wildman–Crippen MR) is 73.6 cm³/mol. The highest BCUT2D eigenvalue weighted by Crippen LogP contribution is 2.46. The zero-order chi connectivity index (χ0) is 16.5. The van der Waals surface area contributed by atoms with Crippen LogP contribution >= 0.6 is 0 Å². The molecule has 0 aromatic heterocycles. The number of carbonyl (C=O) groups excluding carboxylic acids is 1. The molecule has 0 heterocycles. The Kier molecular flexibility index (Phi) is 4.48. The number of carbonyl (C=O) groups is 1. The summed E-state index contributed by atoms with van der Waals surface area (Å²) >= 11 is 0. The van der Waals surface area contributed by atoms with E-state index in [0.717, 1.165) is 6.07 Å². The van der Waals surface area contributed by atoms with Gasteiger partial charge >= 0.3 is 6.18 Å². The normalized spacial score (nSPS) is 21.5. The molecule has 0 radical (unpaired) electrons. The van der Waals surface area contributed by atoms with Gasteiger partial charge < -0.3 is 5.32 Å². The average molecular weight is 336 g/mol. The molecule has 1 aliphatic rings. The summed E-state index contributed by atoms with van der Waals surface area (Å²) in [6, 6.07) is 4.72. The van der Waals surface area contributed by atoms with E-state index in [1.54, 1.807) is 0 Å². The molecule has 0 aliphatic heterocycles. The second-order valence-corrected chi connectivity index (χ2v) is 6.99. The highest BCUT2D eigenvalue weighted by Gasteiger charge is 2.45. The standard InChI is InChI=1S/C13H15F3N2O3S/c1-17-22(20,21)7-12(19)18-11-6-9(11)8-4-2-3-5-10(8)13(14,15)16/h2-5,9,11,17H,6-7H2,1H3,(H,18,19)/t9-,11-/m1/s1. The fourth-order valence-corrected chi connectivity index (χ4v) is 2.84. The van der Waals surface area contributed by atoms with Crippen molar-refractivity contribution in [2.45, 2.75) is 24.6 Å². The highest BCUT2D eigenvalue weighted by molar-refractivity contribution is 7.90. The molecule has 1 amide bonds. The number of nitrogens with one attached hydrogen (secondary N) is 2. The van der Waals surface area contributed by atoms with Gasteiger partial charge in [-0.2, -0.15) is 13.2 Å². The monoisotopic (exact) mass is 336 g/mol. The predicted octanol–water partition coefficient (Wildman–Crippen LogP) is 1.23. The molecule has 1 aliphatic carbocycles. The lowest BCUT2D eigenvalue weighted by molar-refractivity contribution is -0.138. The molecular formula is C13H15F3N2O3S. The van der Waals surface area contributed by atoms with Gasteiger partial charge in [-0.1, -0.05) is 18.2 Å². The molecule has 122 valence electrons. The minimum atomic E-state index is -4.46. The molecule has 2 rings (SSSR count). The van der Waals surface area contributed by atoms with Gasteiger partial charge in [0.05, 0.1) is 5.56 Å². The van der Waals surface area contributed by atoms with E-state index in [9.17, 15) is 26.4 Å². The lowest BCUT2D eigenvalue weighted by atomic mass is 10.0. The van der Waals surface area contributed by atoms with Crippen LogP contribution < -0.4 is 10.0 Å². The molecule has 22 heavy (non-hydrogen) atoms. The van der Waals surface area contributed by atoms with E-state index in [1.165, 1.54) is 25.2 Å². The molecule has 1 saturated carbocycles. The van der Waals surface area contributed by atoms with Crippen molar-refractivity contribution in [3.63, 3.8) is 0 Å². The van der Waals surface area contributed by atoms with Crippen LogP contribution in [0.4, 0.5) is 13.2 Å². The van der Waals surface area contributed by atoms with Crippen LogP contribution in [0.2, 0.25) is 0 Å². The summed E-state index contributed by atoms with van der Waals surface area (Å²) in [5.41, 5.74) is -0.601. The van der Waals surface area contributed by atoms with Gasteiger partial charge in [0.25, 0.3) is 0 Å². The summed E-state index contributed by atoms with van der Waals surface area (Å²) in [6.45, 7) is 0. The molecule has 0 spiro atoms. The van der Waals surface area contributed by atoms with Gasteiger partial charge in [-0.3, -0.25) is 4.79 Å². The van der Waals surface area contributed by atoms with Crippen molar-refractivity contribution in [1.82, 2.24) is 10.0 Å². The summed E-state index contributed by atoms with van der Waals surface area (Å²) in [4.78, 5) is 11.6. The van der Waals surface area contributed by atoms with Gasteiger partial charge in [0.1, 0.15) is 5.75 Å². The zero-order valence-corrected chi connectivity index (χ0v) is 12.5. The summed E-state index contributed by atoms with van der Waals surface area (Å²) in [5.74, 6) is -1.92. The molecular weight excluding hydrogens is 321 g/mol. The van der Waals surface area contributed by atoms with Gasteiger partial charge in [0, 0.05) is 12.0 Å². The molecule has 1 aromatic rings. The van der Waals surface area contributed by atoms with Crippen molar-refractivity contribution in [2.24, 2.45) is 0 Å². The van der Waals surface area contributed by atoms with Crippen LogP contribution in [0.25, 0.3) is 0 Å². The van der Waals surface area contributed by atoms with E-state index in [4.69, 9.17) is 0 Å². The molecule has 1 aromatic carbocycles. The first kappa shape index (κ1) is 16.8. The van der Waals surface area contributed by atoms with Crippen LogP contribution in [0.5, 0.6) is 0 Å². The maximum atomic E-state index is 12.9. The number of halogens is 3. The molecule has 2 N–H and O–H groups in total. The Hall–Kier alpha value is -1.61. The smallest absolute Gasteiger partial charge is 0.352 e. The number of alkyl halides is 3. The van der Waals surface area contributed by atoms with Crippen molar-refractivity contribution >= 4 is 15.9 Å². The maximum absolute atomic E-state index is 12.9. The fourth-order valence-electron chi connectivity index (χ4n) is 2.27. The van der Waals surface area contributed by atoms with Crippen LogP contribution in [-0.2, 0) is 21.0 Å². The Morgan fingerprint density at radius 3 is 2.55 bits per heavy atom. The van der Waals surface area contributed by atoms with E-state index < -0.39 is 45.4 Å². The molecule has 0 saturated heterocycles. The Balaban J connectivity index is 2.04. The van der Waals surface area contributed by atoms with Crippen LogP contribution in [0, 0.1) is 0 Å². The highest BCUT2D eigenvalue weighted by atomic mass is 32.2. The first-order valence-corrected chi connectivity index (χ1v) is 8.16. The molecule has 2 atom stereocenters. The van der Waals surface area contributed by atoms with Crippen molar-refractivity contribution < 1.29 is 26.4 Å². The average Bonchev–Trinajstić information content (AvgIpc) is 3.16. The quantitative estimate of drug-likeness (QED) is 0.849. The van der Waals surface area contributed by atoms with Gasteiger partial charge in [-0.25, -0.2) is 13.1 Å². The van der Waals surface area contributed by atoms with Crippen LogP contribution in [0.3, 0.4) is 0 Å². The number of sulfonamides is 1. The minimum Gasteiger partial charge on any atom is -0.352 e. The van der Waals surface area contributed by atoms with E-state index in [0.29, 0.717) is 6.42 Å². The lowest BCUT2D eigenvalue weighted by Gasteiger charge is -2.12. The topological polar surface area (TPSA) is 75.3 Å². The van der Waals surface area contributed by atoms with Crippen molar-refractivity contribution in [2.75, 3.05) is 12.8 Å². The Morgan fingerprint density at radius 2 is 1.95 bits per heavy atom. The maximum Gasteiger partial charge on any atom is 0.416 e. The summed E-state index contributed by atoms with van der Waals surface area (Å²) in [6.07, 6.45) is -4.10. The second kappa shape index (κ2) is 5.88. The molecule has 0 unspecified atom stereocenters. The minimum absolute atomic E-state index is 0.122. The Bertz CT molecular complexity index is 673. The second-order valence-electron chi connectivity index (χ2n) is 5.06. The van der Waals surface area contributed by atoms with Crippen LogP contribution in [-0.4, -0.2) is 33.2 Å². The Labute approximate surface area is 125 Å². The van der Waals surface area contributed by atoms with Gasteiger partial charge in [0.2, 0.25) is 15.9 Å². The number of amides is 1. The third-order valence-electron chi connectivity index (χ3n) is 3.43. The molecule has 0 bridgehead atoms. The first-order valence-electron chi connectivity index (χ1n) is 6.51. The number of rotatable bonds is 5. The summed E-state index contributed by atoms with van der Waals surface area (Å²) in [5, 5.41) is 2.45. The van der Waals surface area contributed by atoms with E-state index >= 15 is 0 Å². The number of hydrogen-bond donors (Lipinski definition) is 2. The summed E-state index contributed by atoms with van der Waals surface area (Å²) < 4.78 is 63.2. The van der Waals surface area contributed by atoms with E-state index in [1.807, 2.05) is 4.72 Å². The molecule has 1 fully saturated rings. The van der Waals surface area contributed by atoms with Crippen molar-refractivity contribution in [3.05, 3.63) is 35.4 Å². The number of benzene rings is 1. The molecule has 5 nitrogen and oxygen atoms in total. The number of hydrogen-bond acceptors (Lipinski definition) is 3. The Morgan fingerprint density at radius 1 is 1.32 bits per heavy atom. The van der Waals surface area contributed by atoms with Crippen molar-refractivity contribution in [3.8, 4) is 0 Å². The fraction of sp³-hybridized carbons (Fsp3) is 0.462. The lowest BCUT2D eigenvalue weighted by Crippen LogP contribution is -2.36. The largest absolute Gasteiger partial charge is 0.416 e. The first-order chi connectivity index (χ1) is 10.1. The zero-order valence-electron chi connectivity index (χ0n) is 11.6. The van der Waals surface area contributed by atoms with Crippen LogP contribution in [0.1, 0.15) is 23.5 Å².